The summed E-state index contributed by atoms with van der Waals surface area (Å²) in [6.07, 6.45) is 16.3. The van der Waals surface area contributed by atoms with Crippen LogP contribution in [0.5, 0.6) is 0 Å². The average molecular weight is 192 g/mol. The van der Waals surface area contributed by atoms with Crippen LogP contribution in [0, 0.1) is 0 Å². The maximum atomic E-state index is 10.1. The Kier molecular flexibility index (Phi) is 8.45. The van der Waals surface area contributed by atoms with E-state index in [2.05, 4.69) is 6.08 Å². The third-order valence-electron chi connectivity index (χ3n) is 1.43. The van der Waals surface area contributed by atoms with Gasteiger partial charge in [0.1, 0.15) is 0 Å². The van der Waals surface area contributed by atoms with E-state index in [-0.39, 0.29) is 0 Å². The Labute approximate surface area is 85.0 Å². The van der Waals surface area contributed by atoms with Crippen LogP contribution in [0.25, 0.3) is 0 Å². The van der Waals surface area contributed by atoms with E-state index >= 15 is 0 Å². The van der Waals surface area contributed by atoms with Gasteiger partial charge in [0.15, 0.2) is 0 Å². The van der Waals surface area contributed by atoms with Gasteiger partial charge >= 0.3 is 5.97 Å². The largest absolute Gasteiger partial charge is 0.478 e. The molecule has 76 valence electrons. The van der Waals surface area contributed by atoms with Gasteiger partial charge in [-0.2, -0.15) is 0 Å². The Morgan fingerprint density at radius 1 is 1.07 bits per heavy atom. The third-order valence-corrected chi connectivity index (χ3v) is 1.43. The van der Waals surface area contributed by atoms with Gasteiger partial charge in [-0.15, -0.1) is 0 Å². The topological polar surface area (TPSA) is 37.3 Å². The molecule has 0 aliphatic heterocycles. The van der Waals surface area contributed by atoms with Crippen LogP contribution in [-0.4, -0.2) is 11.1 Å². The van der Waals surface area contributed by atoms with Crippen molar-refractivity contribution in [1.82, 2.24) is 0 Å². The van der Waals surface area contributed by atoms with E-state index < -0.39 is 5.97 Å². The molecule has 0 heterocycles. The second kappa shape index (κ2) is 9.52. The van der Waals surface area contributed by atoms with Gasteiger partial charge in [-0.05, 0) is 19.8 Å². The lowest BCUT2D eigenvalue weighted by Crippen LogP contribution is -1.84. The van der Waals surface area contributed by atoms with Crippen molar-refractivity contribution >= 4 is 5.97 Å². The fourth-order valence-corrected chi connectivity index (χ4v) is 0.791. The monoisotopic (exact) mass is 192 g/mol. The molecule has 2 nitrogen and oxygen atoms in total. The normalized spacial score (nSPS) is 12.6. The maximum absolute atomic E-state index is 10.1. The molecule has 0 aliphatic rings. The van der Waals surface area contributed by atoms with Gasteiger partial charge in [0.25, 0.3) is 0 Å². The first-order valence-corrected chi connectivity index (χ1v) is 4.61. The van der Waals surface area contributed by atoms with Crippen molar-refractivity contribution in [3.63, 3.8) is 0 Å². The van der Waals surface area contributed by atoms with Crippen molar-refractivity contribution < 1.29 is 9.90 Å². The standard InChI is InChI=1S/C12H16O2/c1-2-3-4-5-6-7-8-9-10-11-12(13)14/h2-5,8-11H,6-7H2,1H3,(H,13,14)/b3-2-,5-4-,9-8+,11-10+. The summed E-state index contributed by atoms with van der Waals surface area (Å²) < 4.78 is 0. The van der Waals surface area contributed by atoms with Gasteiger partial charge in [-0.25, -0.2) is 4.79 Å². The van der Waals surface area contributed by atoms with E-state index in [1.54, 1.807) is 6.08 Å². The first-order valence-electron chi connectivity index (χ1n) is 4.61. The first-order chi connectivity index (χ1) is 6.77. The van der Waals surface area contributed by atoms with Gasteiger partial charge in [0.05, 0.1) is 0 Å². The van der Waals surface area contributed by atoms with Gasteiger partial charge in [-0.1, -0.05) is 42.5 Å². The highest BCUT2D eigenvalue weighted by molar-refractivity contribution is 5.80. The maximum Gasteiger partial charge on any atom is 0.328 e. The fraction of sp³-hybridized carbons (Fsp3) is 0.250. The molecule has 0 rings (SSSR count). The minimum absolute atomic E-state index is 0.914. The Bertz CT molecular complexity index is 257. The van der Waals surface area contributed by atoms with Gasteiger partial charge in [-0.3, -0.25) is 0 Å². The summed E-state index contributed by atoms with van der Waals surface area (Å²) in [5.74, 6) is -0.914. The smallest absolute Gasteiger partial charge is 0.328 e. The lowest BCUT2D eigenvalue weighted by molar-refractivity contribution is -0.131. The second-order valence-corrected chi connectivity index (χ2v) is 2.66. The third kappa shape index (κ3) is 10.4. The zero-order valence-corrected chi connectivity index (χ0v) is 8.39. The van der Waals surface area contributed by atoms with E-state index in [1.165, 1.54) is 6.08 Å². The fourth-order valence-electron chi connectivity index (χ4n) is 0.791. The Morgan fingerprint density at radius 3 is 2.14 bits per heavy atom. The van der Waals surface area contributed by atoms with E-state index in [9.17, 15) is 4.79 Å². The number of hydrogen-bond acceptors (Lipinski definition) is 1. The molecule has 0 aromatic rings. The van der Waals surface area contributed by atoms with Crippen molar-refractivity contribution in [3.05, 3.63) is 48.6 Å². The summed E-state index contributed by atoms with van der Waals surface area (Å²) in [7, 11) is 0. The van der Waals surface area contributed by atoms with E-state index in [4.69, 9.17) is 5.11 Å². The highest BCUT2D eigenvalue weighted by Gasteiger charge is 1.80. The molecular weight excluding hydrogens is 176 g/mol. The lowest BCUT2D eigenvalue weighted by Gasteiger charge is -1.83. The molecule has 0 saturated heterocycles. The van der Waals surface area contributed by atoms with Crippen LogP contribution in [0.15, 0.2) is 48.6 Å². The Hall–Kier alpha value is -1.57. The number of rotatable bonds is 6. The number of allylic oxidation sites excluding steroid dienone is 7. The zero-order chi connectivity index (χ0) is 10.6. The average Bonchev–Trinajstić information content (AvgIpc) is 2.15. The first kappa shape index (κ1) is 12.4. The summed E-state index contributed by atoms with van der Waals surface area (Å²) >= 11 is 0. The highest BCUT2D eigenvalue weighted by atomic mass is 16.4. The molecule has 0 bridgehead atoms. The van der Waals surface area contributed by atoms with E-state index in [0.717, 1.165) is 18.9 Å². The number of unbranched alkanes of at least 4 members (excludes halogenated alkanes) is 1. The van der Waals surface area contributed by atoms with Gasteiger partial charge < -0.3 is 5.11 Å². The van der Waals surface area contributed by atoms with Crippen LogP contribution in [-0.2, 0) is 4.79 Å². The molecule has 0 aromatic carbocycles. The number of hydrogen-bond donors (Lipinski definition) is 1. The molecule has 0 amide bonds. The molecular formula is C12H16O2. The molecule has 2 heteroatoms. The summed E-state index contributed by atoms with van der Waals surface area (Å²) in [6, 6.07) is 0. The molecule has 0 spiro atoms. The molecule has 0 atom stereocenters. The molecule has 0 aromatic heterocycles. The Balaban J connectivity index is 3.49. The van der Waals surface area contributed by atoms with Crippen LogP contribution in [0.3, 0.4) is 0 Å². The molecule has 0 fully saturated rings. The summed E-state index contributed by atoms with van der Waals surface area (Å²) in [5, 5.41) is 8.27. The highest BCUT2D eigenvalue weighted by Crippen LogP contribution is 1.93. The minimum Gasteiger partial charge on any atom is -0.478 e. The molecule has 0 aliphatic carbocycles. The number of aliphatic carboxylic acids is 1. The lowest BCUT2D eigenvalue weighted by atomic mass is 10.2. The van der Waals surface area contributed by atoms with Crippen molar-refractivity contribution in [3.8, 4) is 0 Å². The molecule has 0 unspecified atom stereocenters. The van der Waals surface area contributed by atoms with E-state index in [0.29, 0.717) is 0 Å². The van der Waals surface area contributed by atoms with Crippen LogP contribution >= 0.6 is 0 Å². The second-order valence-electron chi connectivity index (χ2n) is 2.66. The molecule has 1 N–H and O–H groups in total. The van der Waals surface area contributed by atoms with Gasteiger partial charge in [0, 0.05) is 6.08 Å². The van der Waals surface area contributed by atoms with Crippen LogP contribution in [0.2, 0.25) is 0 Å². The summed E-state index contributed by atoms with van der Waals surface area (Å²) in [4.78, 5) is 10.1. The van der Waals surface area contributed by atoms with Crippen molar-refractivity contribution in [1.29, 1.82) is 0 Å². The number of carboxylic acids is 1. The van der Waals surface area contributed by atoms with Gasteiger partial charge in [0.2, 0.25) is 0 Å². The zero-order valence-electron chi connectivity index (χ0n) is 8.39. The molecule has 0 radical (unpaired) electrons. The SMILES string of the molecule is C/C=C\C=C/CC/C=C/C=C/C(=O)O. The summed E-state index contributed by atoms with van der Waals surface area (Å²) in [6.45, 7) is 1.97. The minimum atomic E-state index is -0.914. The quantitative estimate of drug-likeness (QED) is 0.399. The molecule has 14 heavy (non-hydrogen) atoms. The molecule has 0 saturated carbocycles. The summed E-state index contributed by atoms with van der Waals surface area (Å²) in [5.41, 5.74) is 0. The van der Waals surface area contributed by atoms with Crippen molar-refractivity contribution in [2.24, 2.45) is 0 Å². The predicted molar refractivity (Wildman–Crippen MR) is 59.1 cm³/mol. The Morgan fingerprint density at radius 2 is 1.64 bits per heavy atom. The van der Waals surface area contributed by atoms with Crippen LogP contribution < -0.4 is 0 Å². The van der Waals surface area contributed by atoms with Crippen molar-refractivity contribution in [2.45, 2.75) is 19.8 Å². The van der Waals surface area contributed by atoms with Crippen molar-refractivity contribution in [2.75, 3.05) is 0 Å². The number of carboxylic acid groups (broad SMARTS) is 1. The van der Waals surface area contributed by atoms with E-state index in [1.807, 2.05) is 31.2 Å². The predicted octanol–water partition coefficient (Wildman–Crippen LogP) is 3.10. The van der Waals surface area contributed by atoms with Crippen LogP contribution in [0.1, 0.15) is 19.8 Å². The van der Waals surface area contributed by atoms with Crippen LogP contribution in [0.4, 0.5) is 0 Å². The number of carbonyl (C=O) groups is 1.